The Labute approximate surface area is 109 Å². The molecule has 2 unspecified atom stereocenters. The standard InChI is InChI=1S/C15H22N2O/c1-11-4-2-7-14(11)15(18)17-10-13-6-3-5-12(8-13)9-16/h3,5-6,8,11,14H,2,4,7,9-10,16H2,1H3,(H,17,18). The molecule has 1 amide bonds. The molecule has 3 heteroatoms. The highest BCUT2D eigenvalue weighted by Gasteiger charge is 2.29. The number of rotatable bonds is 4. The highest BCUT2D eigenvalue weighted by atomic mass is 16.1. The lowest BCUT2D eigenvalue weighted by molar-refractivity contribution is -0.126. The van der Waals surface area contributed by atoms with E-state index in [0.717, 1.165) is 17.5 Å². The van der Waals surface area contributed by atoms with Crippen molar-refractivity contribution in [3.05, 3.63) is 35.4 Å². The van der Waals surface area contributed by atoms with Crippen molar-refractivity contribution in [2.75, 3.05) is 0 Å². The molecule has 2 atom stereocenters. The first-order valence-electron chi connectivity index (χ1n) is 6.76. The molecule has 0 heterocycles. The van der Waals surface area contributed by atoms with Crippen molar-refractivity contribution in [2.24, 2.45) is 17.6 Å². The fourth-order valence-corrected chi connectivity index (χ4v) is 2.72. The highest BCUT2D eigenvalue weighted by Crippen LogP contribution is 2.31. The first-order valence-corrected chi connectivity index (χ1v) is 6.76. The SMILES string of the molecule is CC1CCCC1C(=O)NCc1cccc(CN)c1. The molecule has 0 bridgehead atoms. The number of benzene rings is 1. The molecule has 1 aromatic carbocycles. The predicted molar refractivity (Wildman–Crippen MR) is 72.7 cm³/mol. The van der Waals surface area contributed by atoms with E-state index in [1.54, 1.807) is 0 Å². The molecule has 18 heavy (non-hydrogen) atoms. The molecule has 3 N–H and O–H groups in total. The van der Waals surface area contributed by atoms with Crippen LogP contribution in [0.2, 0.25) is 0 Å². The topological polar surface area (TPSA) is 55.1 Å². The maximum atomic E-state index is 12.0. The van der Waals surface area contributed by atoms with Crippen LogP contribution in [0.3, 0.4) is 0 Å². The lowest BCUT2D eigenvalue weighted by Crippen LogP contribution is -2.31. The van der Waals surface area contributed by atoms with Gasteiger partial charge in [0, 0.05) is 19.0 Å². The van der Waals surface area contributed by atoms with Crippen LogP contribution in [0.4, 0.5) is 0 Å². The summed E-state index contributed by atoms with van der Waals surface area (Å²) in [5, 5.41) is 3.04. The van der Waals surface area contributed by atoms with E-state index in [0.29, 0.717) is 19.0 Å². The Morgan fingerprint density at radius 1 is 1.39 bits per heavy atom. The lowest BCUT2D eigenvalue weighted by Gasteiger charge is -2.15. The van der Waals surface area contributed by atoms with E-state index in [2.05, 4.69) is 18.3 Å². The first-order chi connectivity index (χ1) is 8.70. The molecule has 0 aromatic heterocycles. The van der Waals surface area contributed by atoms with Gasteiger partial charge in [-0.1, -0.05) is 37.6 Å². The predicted octanol–water partition coefficient (Wildman–Crippen LogP) is 2.20. The van der Waals surface area contributed by atoms with Gasteiger partial charge in [0.25, 0.3) is 0 Å². The van der Waals surface area contributed by atoms with E-state index in [1.165, 1.54) is 12.8 Å². The summed E-state index contributed by atoms with van der Waals surface area (Å²) in [5.74, 6) is 0.946. The molecule has 1 aliphatic rings. The minimum absolute atomic E-state index is 0.207. The minimum Gasteiger partial charge on any atom is -0.352 e. The summed E-state index contributed by atoms with van der Waals surface area (Å²) >= 11 is 0. The number of nitrogens with two attached hydrogens (primary N) is 1. The third-order valence-electron chi connectivity index (χ3n) is 3.89. The second kappa shape index (κ2) is 6.01. The number of amides is 1. The monoisotopic (exact) mass is 246 g/mol. The third-order valence-corrected chi connectivity index (χ3v) is 3.89. The van der Waals surface area contributed by atoms with Crippen molar-refractivity contribution in [3.63, 3.8) is 0 Å². The van der Waals surface area contributed by atoms with Gasteiger partial charge in [0.15, 0.2) is 0 Å². The van der Waals surface area contributed by atoms with Crippen LogP contribution in [0.15, 0.2) is 24.3 Å². The van der Waals surface area contributed by atoms with E-state index in [1.807, 2.05) is 18.2 Å². The van der Waals surface area contributed by atoms with Crippen LogP contribution in [0, 0.1) is 11.8 Å². The molecule has 98 valence electrons. The molecule has 1 saturated carbocycles. The Morgan fingerprint density at radius 2 is 2.17 bits per heavy atom. The van der Waals surface area contributed by atoms with Gasteiger partial charge in [-0.25, -0.2) is 0 Å². The summed E-state index contributed by atoms with van der Waals surface area (Å²) in [5.41, 5.74) is 7.83. The number of carbonyl (C=O) groups excluding carboxylic acids is 1. The van der Waals surface area contributed by atoms with Gasteiger partial charge in [0.1, 0.15) is 0 Å². The zero-order chi connectivity index (χ0) is 13.0. The van der Waals surface area contributed by atoms with Crippen LogP contribution in [0.25, 0.3) is 0 Å². The van der Waals surface area contributed by atoms with Crippen molar-refractivity contribution < 1.29 is 4.79 Å². The van der Waals surface area contributed by atoms with Crippen molar-refractivity contribution in [1.29, 1.82) is 0 Å². The van der Waals surface area contributed by atoms with E-state index < -0.39 is 0 Å². The van der Waals surface area contributed by atoms with Crippen molar-refractivity contribution in [1.82, 2.24) is 5.32 Å². The van der Waals surface area contributed by atoms with Gasteiger partial charge in [0.2, 0.25) is 5.91 Å². The average Bonchev–Trinajstić information content (AvgIpc) is 2.82. The van der Waals surface area contributed by atoms with Gasteiger partial charge >= 0.3 is 0 Å². The van der Waals surface area contributed by atoms with Gasteiger partial charge in [-0.05, 0) is 29.9 Å². The normalized spacial score (nSPS) is 23.0. The molecule has 2 rings (SSSR count). The molecule has 0 radical (unpaired) electrons. The maximum Gasteiger partial charge on any atom is 0.223 e. The van der Waals surface area contributed by atoms with E-state index in [9.17, 15) is 4.79 Å². The molecule has 0 aliphatic heterocycles. The van der Waals surface area contributed by atoms with Crippen molar-refractivity contribution >= 4 is 5.91 Å². The second-order valence-electron chi connectivity index (χ2n) is 5.26. The van der Waals surface area contributed by atoms with Crippen LogP contribution in [-0.2, 0) is 17.9 Å². The lowest BCUT2D eigenvalue weighted by atomic mass is 9.97. The Morgan fingerprint density at radius 3 is 2.83 bits per heavy atom. The van der Waals surface area contributed by atoms with Crippen molar-refractivity contribution in [3.8, 4) is 0 Å². The number of hydrogen-bond acceptors (Lipinski definition) is 2. The van der Waals surface area contributed by atoms with Gasteiger partial charge in [-0.2, -0.15) is 0 Å². The molecular formula is C15H22N2O. The third kappa shape index (κ3) is 3.10. The second-order valence-corrected chi connectivity index (χ2v) is 5.26. The molecule has 1 aliphatic carbocycles. The zero-order valence-corrected chi connectivity index (χ0v) is 11.0. The Kier molecular flexibility index (Phi) is 4.37. The number of carbonyl (C=O) groups is 1. The van der Waals surface area contributed by atoms with Crippen molar-refractivity contribution in [2.45, 2.75) is 39.3 Å². The highest BCUT2D eigenvalue weighted by molar-refractivity contribution is 5.79. The molecule has 3 nitrogen and oxygen atoms in total. The Hall–Kier alpha value is -1.35. The molecule has 0 saturated heterocycles. The Balaban J connectivity index is 1.88. The quantitative estimate of drug-likeness (QED) is 0.855. The molecule has 1 aromatic rings. The van der Waals surface area contributed by atoms with Gasteiger partial charge < -0.3 is 11.1 Å². The maximum absolute atomic E-state index is 12.0. The summed E-state index contributed by atoms with van der Waals surface area (Å²) in [4.78, 5) is 12.0. The largest absolute Gasteiger partial charge is 0.352 e. The summed E-state index contributed by atoms with van der Waals surface area (Å²) < 4.78 is 0. The fourth-order valence-electron chi connectivity index (χ4n) is 2.72. The molecule has 1 fully saturated rings. The number of nitrogens with one attached hydrogen (secondary N) is 1. The van der Waals surface area contributed by atoms with Crippen LogP contribution in [-0.4, -0.2) is 5.91 Å². The average molecular weight is 246 g/mol. The fraction of sp³-hybridized carbons (Fsp3) is 0.533. The van der Waals surface area contributed by atoms with Gasteiger partial charge in [-0.3, -0.25) is 4.79 Å². The summed E-state index contributed by atoms with van der Waals surface area (Å²) in [6.45, 7) is 3.32. The van der Waals surface area contributed by atoms with Crippen LogP contribution in [0.5, 0.6) is 0 Å². The summed E-state index contributed by atoms with van der Waals surface area (Å²) in [6.07, 6.45) is 3.40. The zero-order valence-electron chi connectivity index (χ0n) is 11.0. The van der Waals surface area contributed by atoms with E-state index in [-0.39, 0.29) is 11.8 Å². The first kappa shape index (κ1) is 13.1. The summed E-state index contributed by atoms with van der Waals surface area (Å²) in [7, 11) is 0. The van der Waals surface area contributed by atoms with Crippen LogP contribution < -0.4 is 11.1 Å². The summed E-state index contributed by atoms with van der Waals surface area (Å²) in [6, 6.07) is 8.07. The van der Waals surface area contributed by atoms with Gasteiger partial charge in [-0.15, -0.1) is 0 Å². The van der Waals surface area contributed by atoms with Crippen LogP contribution in [0.1, 0.15) is 37.3 Å². The minimum atomic E-state index is 0.207. The van der Waals surface area contributed by atoms with E-state index >= 15 is 0 Å². The number of hydrogen-bond donors (Lipinski definition) is 2. The Bertz CT molecular complexity index is 417. The van der Waals surface area contributed by atoms with E-state index in [4.69, 9.17) is 5.73 Å². The van der Waals surface area contributed by atoms with Gasteiger partial charge in [0.05, 0.1) is 0 Å². The smallest absolute Gasteiger partial charge is 0.223 e. The molecular weight excluding hydrogens is 224 g/mol. The van der Waals surface area contributed by atoms with Crippen LogP contribution >= 0.6 is 0 Å². The molecule has 0 spiro atoms.